The van der Waals surface area contributed by atoms with E-state index in [-0.39, 0.29) is 37.4 Å². The maximum absolute atomic E-state index is 12.1. The Morgan fingerprint density at radius 2 is 1.70 bits per heavy atom. The third kappa shape index (κ3) is 6.37. The van der Waals surface area contributed by atoms with Crippen LogP contribution in [0.5, 0.6) is 5.75 Å². The van der Waals surface area contributed by atoms with Crippen LogP contribution >= 0.6 is 0 Å². The third-order valence-corrected chi connectivity index (χ3v) is 2.95. The summed E-state index contributed by atoms with van der Waals surface area (Å²) in [5, 5.41) is 11.7. The smallest absolute Gasteiger partial charge is 0.328 e. The van der Waals surface area contributed by atoms with Crippen molar-refractivity contribution in [2.24, 2.45) is 0 Å². The third-order valence-electron chi connectivity index (χ3n) is 2.95. The van der Waals surface area contributed by atoms with E-state index in [9.17, 15) is 19.5 Å². The molecule has 1 atom stereocenters. The maximum atomic E-state index is 12.1. The highest BCUT2D eigenvalue weighted by Gasteiger charge is 2.23. The predicted octanol–water partition coefficient (Wildman–Crippen LogP) is 1.40. The number of esters is 2. The number of hydrogen-bond acceptors (Lipinski definition) is 6. The van der Waals surface area contributed by atoms with Crippen molar-refractivity contribution in [3.8, 4) is 5.75 Å². The van der Waals surface area contributed by atoms with Gasteiger partial charge >= 0.3 is 11.9 Å². The Kier molecular flexibility index (Phi) is 7.59. The summed E-state index contributed by atoms with van der Waals surface area (Å²) in [5.41, 5.74) is 0.285. The molecule has 1 unspecified atom stereocenters. The Morgan fingerprint density at radius 1 is 1.09 bits per heavy atom. The summed E-state index contributed by atoms with van der Waals surface area (Å²) in [6, 6.07) is 4.65. The van der Waals surface area contributed by atoms with Crippen molar-refractivity contribution in [3.63, 3.8) is 0 Å². The van der Waals surface area contributed by atoms with Crippen molar-refractivity contribution in [2.75, 3.05) is 13.2 Å². The summed E-state index contributed by atoms with van der Waals surface area (Å²) in [6.07, 6.45) is 0.0780. The number of benzene rings is 1. The van der Waals surface area contributed by atoms with Crippen LogP contribution in [0.1, 0.15) is 37.0 Å². The number of phenols is 1. The minimum atomic E-state index is -0.944. The van der Waals surface area contributed by atoms with Crippen molar-refractivity contribution < 1.29 is 29.0 Å². The van der Waals surface area contributed by atoms with E-state index in [0.29, 0.717) is 0 Å². The first-order valence-electron chi connectivity index (χ1n) is 7.40. The number of nitrogens with one attached hydrogen (secondary N) is 1. The van der Waals surface area contributed by atoms with Gasteiger partial charge in [0.25, 0.3) is 5.91 Å². The fourth-order valence-corrected chi connectivity index (χ4v) is 1.84. The summed E-state index contributed by atoms with van der Waals surface area (Å²) in [7, 11) is 0. The van der Waals surface area contributed by atoms with Crippen LogP contribution < -0.4 is 5.32 Å². The molecule has 0 spiro atoms. The van der Waals surface area contributed by atoms with Gasteiger partial charge in [-0.25, -0.2) is 4.79 Å². The van der Waals surface area contributed by atoms with E-state index in [2.05, 4.69) is 5.32 Å². The van der Waals surface area contributed by atoms with Crippen LogP contribution in [0.3, 0.4) is 0 Å². The van der Waals surface area contributed by atoms with Gasteiger partial charge in [0.1, 0.15) is 11.8 Å². The molecule has 0 aliphatic carbocycles. The first kappa shape index (κ1) is 18.5. The second kappa shape index (κ2) is 9.45. The minimum Gasteiger partial charge on any atom is -0.508 e. The highest BCUT2D eigenvalue weighted by atomic mass is 16.5. The van der Waals surface area contributed by atoms with Gasteiger partial charge in [-0.05, 0) is 44.5 Å². The van der Waals surface area contributed by atoms with E-state index >= 15 is 0 Å². The molecule has 7 heteroatoms. The minimum absolute atomic E-state index is 0.00677. The fourth-order valence-electron chi connectivity index (χ4n) is 1.84. The Balaban J connectivity index is 2.71. The van der Waals surface area contributed by atoms with Crippen molar-refractivity contribution in [3.05, 3.63) is 29.8 Å². The molecule has 0 fully saturated rings. The van der Waals surface area contributed by atoms with Gasteiger partial charge in [0, 0.05) is 12.0 Å². The SMILES string of the molecule is CCOC(=O)CCC(NC(=O)c1ccc(O)cc1)C(=O)OCC. The van der Waals surface area contributed by atoms with Crippen LogP contribution in [0.4, 0.5) is 0 Å². The molecule has 0 radical (unpaired) electrons. The largest absolute Gasteiger partial charge is 0.508 e. The maximum Gasteiger partial charge on any atom is 0.328 e. The lowest BCUT2D eigenvalue weighted by atomic mass is 10.1. The predicted molar refractivity (Wildman–Crippen MR) is 81.9 cm³/mol. The monoisotopic (exact) mass is 323 g/mol. The average Bonchev–Trinajstić information content (AvgIpc) is 2.52. The molecule has 1 rings (SSSR count). The molecule has 0 bridgehead atoms. The van der Waals surface area contributed by atoms with Crippen LogP contribution in [-0.2, 0) is 19.1 Å². The van der Waals surface area contributed by atoms with Gasteiger partial charge < -0.3 is 19.9 Å². The van der Waals surface area contributed by atoms with Crippen molar-refractivity contribution in [1.29, 1.82) is 0 Å². The van der Waals surface area contributed by atoms with Crippen LogP contribution in [0, 0.1) is 0 Å². The zero-order valence-corrected chi connectivity index (χ0v) is 13.2. The number of carbonyl (C=O) groups excluding carboxylic acids is 3. The number of carbonyl (C=O) groups is 3. The van der Waals surface area contributed by atoms with Crippen molar-refractivity contribution in [2.45, 2.75) is 32.7 Å². The van der Waals surface area contributed by atoms with Crippen molar-refractivity contribution >= 4 is 17.8 Å². The van der Waals surface area contributed by atoms with E-state index in [4.69, 9.17) is 9.47 Å². The number of aromatic hydroxyl groups is 1. The Morgan fingerprint density at radius 3 is 2.26 bits per heavy atom. The molecule has 0 aliphatic heterocycles. The molecular formula is C16H21NO6. The number of rotatable bonds is 8. The molecule has 0 saturated carbocycles. The van der Waals surface area contributed by atoms with Crippen LogP contribution in [-0.4, -0.2) is 42.2 Å². The molecule has 0 aliphatic rings. The summed E-state index contributed by atoms with van der Waals surface area (Å²) < 4.78 is 9.71. The molecule has 1 amide bonds. The molecule has 1 aromatic rings. The van der Waals surface area contributed by atoms with E-state index in [0.717, 1.165) is 0 Å². The molecule has 0 saturated heterocycles. The van der Waals surface area contributed by atoms with Gasteiger partial charge in [0.2, 0.25) is 0 Å². The molecular weight excluding hydrogens is 302 g/mol. The molecule has 7 nitrogen and oxygen atoms in total. The fraction of sp³-hybridized carbons (Fsp3) is 0.438. The van der Waals surface area contributed by atoms with Gasteiger partial charge in [-0.2, -0.15) is 0 Å². The van der Waals surface area contributed by atoms with E-state index in [1.807, 2.05) is 0 Å². The Labute approximate surface area is 134 Å². The molecule has 2 N–H and O–H groups in total. The number of ether oxygens (including phenoxy) is 2. The first-order chi connectivity index (χ1) is 11.0. The van der Waals surface area contributed by atoms with Crippen molar-refractivity contribution in [1.82, 2.24) is 5.32 Å². The highest BCUT2D eigenvalue weighted by molar-refractivity contribution is 5.96. The lowest BCUT2D eigenvalue weighted by Gasteiger charge is -2.17. The lowest BCUT2D eigenvalue weighted by Crippen LogP contribution is -2.42. The van der Waals surface area contributed by atoms with Crippen LogP contribution in [0.15, 0.2) is 24.3 Å². The second-order valence-electron chi connectivity index (χ2n) is 4.67. The standard InChI is InChI=1S/C16H21NO6/c1-3-22-14(19)10-9-13(16(21)23-4-2)17-15(20)11-5-7-12(18)8-6-11/h5-8,13,18H,3-4,9-10H2,1-2H3,(H,17,20). The van der Waals surface area contributed by atoms with Gasteiger partial charge in [-0.3, -0.25) is 9.59 Å². The molecule has 0 aromatic heterocycles. The number of amides is 1. The normalized spacial score (nSPS) is 11.4. The Bertz CT molecular complexity index is 540. The first-order valence-corrected chi connectivity index (χ1v) is 7.40. The van der Waals surface area contributed by atoms with E-state index < -0.39 is 23.9 Å². The Hall–Kier alpha value is -2.57. The quantitative estimate of drug-likeness (QED) is 0.701. The van der Waals surface area contributed by atoms with Gasteiger partial charge in [0.15, 0.2) is 0 Å². The van der Waals surface area contributed by atoms with E-state index in [1.54, 1.807) is 13.8 Å². The zero-order chi connectivity index (χ0) is 17.2. The molecule has 23 heavy (non-hydrogen) atoms. The molecule has 1 aromatic carbocycles. The second-order valence-corrected chi connectivity index (χ2v) is 4.67. The summed E-state index contributed by atoms with van der Waals surface area (Å²) >= 11 is 0. The summed E-state index contributed by atoms with van der Waals surface area (Å²) in [6.45, 7) is 3.77. The lowest BCUT2D eigenvalue weighted by molar-refractivity contribution is -0.146. The molecule has 0 heterocycles. The van der Waals surface area contributed by atoms with Gasteiger partial charge in [-0.15, -0.1) is 0 Å². The van der Waals surface area contributed by atoms with Crippen LogP contribution in [0.25, 0.3) is 0 Å². The van der Waals surface area contributed by atoms with Gasteiger partial charge in [-0.1, -0.05) is 0 Å². The van der Waals surface area contributed by atoms with Gasteiger partial charge in [0.05, 0.1) is 13.2 Å². The van der Waals surface area contributed by atoms with Crippen LogP contribution in [0.2, 0.25) is 0 Å². The zero-order valence-electron chi connectivity index (χ0n) is 13.2. The topological polar surface area (TPSA) is 102 Å². The summed E-state index contributed by atoms with van der Waals surface area (Å²) in [5.74, 6) is -1.51. The highest BCUT2D eigenvalue weighted by Crippen LogP contribution is 2.10. The van der Waals surface area contributed by atoms with E-state index in [1.165, 1.54) is 24.3 Å². The molecule has 126 valence electrons. The number of hydrogen-bond donors (Lipinski definition) is 2. The summed E-state index contributed by atoms with van der Waals surface area (Å²) in [4.78, 5) is 35.4. The average molecular weight is 323 g/mol. The number of phenolic OH excluding ortho intramolecular Hbond substituents is 1.